The second kappa shape index (κ2) is 7.01. The first-order valence-corrected chi connectivity index (χ1v) is 5.66. The Bertz CT molecular complexity index is 308. The van der Waals surface area contributed by atoms with Crippen LogP contribution in [0.2, 0.25) is 0 Å². The van der Waals surface area contributed by atoms with E-state index in [4.69, 9.17) is 9.78 Å². The van der Waals surface area contributed by atoms with Crippen molar-refractivity contribution in [1.29, 1.82) is 0 Å². The molecule has 1 aromatic rings. The molecule has 0 aliphatic heterocycles. The molecule has 1 aromatic carbocycles. The molecule has 0 bridgehead atoms. The molecule has 1 atom stereocenters. The van der Waals surface area contributed by atoms with Crippen molar-refractivity contribution >= 4 is 5.97 Å². The van der Waals surface area contributed by atoms with Crippen LogP contribution in [0.1, 0.15) is 43.5 Å². The smallest absolute Gasteiger partial charge is 0.293 e. The maximum absolute atomic E-state index is 11.5. The molecule has 0 N–H and O–H groups in total. The lowest BCUT2D eigenvalue weighted by Crippen LogP contribution is -2.13. The number of hydrogen-bond donors (Lipinski definition) is 0. The number of unbranched alkanes of at least 4 members (excludes halogenated alkanes) is 1. The first-order chi connectivity index (χ1) is 7.74. The summed E-state index contributed by atoms with van der Waals surface area (Å²) in [6.45, 7) is 4.01. The van der Waals surface area contributed by atoms with Crippen molar-refractivity contribution in [3.8, 4) is 0 Å². The van der Waals surface area contributed by atoms with Gasteiger partial charge in [0.25, 0.3) is 0 Å². The second-order valence-electron chi connectivity index (χ2n) is 3.79. The lowest BCUT2D eigenvalue weighted by atomic mass is 10.2. The number of carbonyl (C=O) groups is 1. The molecule has 3 nitrogen and oxygen atoms in total. The third-order valence-electron chi connectivity index (χ3n) is 2.26. The first kappa shape index (κ1) is 12.7. The molecule has 1 unspecified atom stereocenters. The highest BCUT2D eigenvalue weighted by molar-refractivity contribution is 5.88. The van der Waals surface area contributed by atoms with Crippen LogP contribution in [0.25, 0.3) is 0 Å². The largest absolute Gasteiger partial charge is 0.373 e. The van der Waals surface area contributed by atoms with Gasteiger partial charge in [-0.05, 0) is 25.5 Å². The van der Waals surface area contributed by atoms with Crippen LogP contribution >= 0.6 is 0 Å². The summed E-state index contributed by atoms with van der Waals surface area (Å²) in [5, 5.41) is 0. The Morgan fingerprint density at radius 2 is 2.00 bits per heavy atom. The quantitative estimate of drug-likeness (QED) is 0.547. The monoisotopic (exact) mass is 222 g/mol. The van der Waals surface area contributed by atoms with Crippen LogP contribution in [0, 0.1) is 0 Å². The maximum Gasteiger partial charge on any atom is 0.373 e. The topological polar surface area (TPSA) is 35.5 Å². The fraction of sp³-hybridized carbons (Fsp3) is 0.462. The predicted octanol–water partition coefficient (Wildman–Crippen LogP) is 3.35. The van der Waals surface area contributed by atoms with Gasteiger partial charge in [0.15, 0.2) is 0 Å². The third-order valence-corrected chi connectivity index (χ3v) is 2.26. The lowest BCUT2D eigenvalue weighted by molar-refractivity contribution is -0.271. The lowest BCUT2D eigenvalue weighted by Gasteiger charge is -2.10. The molecule has 1 rings (SSSR count). The summed E-state index contributed by atoms with van der Waals surface area (Å²) >= 11 is 0. The Morgan fingerprint density at radius 1 is 1.31 bits per heavy atom. The van der Waals surface area contributed by atoms with E-state index in [-0.39, 0.29) is 6.10 Å². The van der Waals surface area contributed by atoms with Crippen LogP contribution in [0.3, 0.4) is 0 Å². The molecule has 0 fully saturated rings. The van der Waals surface area contributed by atoms with E-state index in [9.17, 15) is 4.79 Å². The van der Waals surface area contributed by atoms with Crippen molar-refractivity contribution < 1.29 is 14.6 Å². The molecule has 0 saturated heterocycles. The van der Waals surface area contributed by atoms with Gasteiger partial charge in [0.2, 0.25) is 0 Å². The van der Waals surface area contributed by atoms with Crippen molar-refractivity contribution in [3.05, 3.63) is 35.9 Å². The zero-order valence-corrected chi connectivity index (χ0v) is 9.81. The van der Waals surface area contributed by atoms with Gasteiger partial charge in [-0.2, -0.15) is 4.89 Å². The Hall–Kier alpha value is -1.35. The minimum Gasteiger partial charge on any atom is -0.293 e. The van der Waals surface area contributed by atoms with Crippen molar-refractivity contribution in [3.63, 3.8) is 0 Å². The summed E-state index contributed by atoms with van der Waals surface area (Å²) in [7, 11) is 0. The van der Waals surface area contributed by atoms with E-state index in [0.717, 1.165) is 19.3 Å². The van der Waals surface area contributed by atoms with E-state index >= 15 is 0 Å². The summed E-state index contributed by atoms with van der Waals surface area (Å²) < 4.78 is 0. The van der Waals surface area contributed by atoms with Crippen molar-refractivity contribution in [2.75, 3.05) is 0 Å². The molecule has 0 radical (unpaired) electrons. The highest BCUT2D eigenvalue weighted by atomic mass is 17.2. The van der Waals surface area contributed by atoms with Crippen molar-refractivity contribution in [1.82, 2.24) is 0 Å². The highest BCUT2D eigenvalue weighted by Gasteiger charge is 2.10. The van der Waals surface area contributed by atoms with Gasteiger partial charge in [-0.1, -0.05) is 38.0 Å². The summed E-state index contributed by atoms with van der Waals surface area (Å²) in [5.41, 5.74) is 0.505. The van der Waals surface area contributed by atoms with Crippen LogP contribution in [0.5, 0.6) is 0 Å². The van der Waals surface area contributed by atoms with E-state index in [0.29, 0.717) is 5.56 Å². The van der Waals surface area contributed by atoms with Crippen LogP contribution in [-0.4, -0.2) is 12.1 Å². The van der Waals surface area contributed by atoms with Crippen LogP contribution in [0.4, 0.5) is 0 Å². The summed E-state index contributed by atoms with van der Waals surface area (Å²) in [6.07, 6.45) is 3.04. The standard InChI is InChI=1S/C13H18O3/c1-3-4-8-11(2)15-16-13(14)12-9-6-5-7-10-12/h5-7,9-11H,3-4,8H2,1-2H3. The molecule has 3 heteroatoms. The molecule has 0 aliphatic carbocycles. The minimum absolute atomic E-state index is 0.0485. The van der Waals surface area contributed by atoms with E-state index in [1.807, 2.05) is 13.0 Å². The normalized spacial score (nSPS) is 12.1. The van der Waals surface area contributed by atoms with Crippen molar-refractivity contribution in [2.45, 2.75) is 39.2 Å². The highest BCUT2D eigenvalue weighted by Crippen LogP contribution is 2.07. The van der Waals surface area contributed by atoms with Gasteiger partial charge in [0, 0.05) is 0 Å². The van der Waals surface area contributed by atoms with Gasteiger partial charge >= 0.3 is 5.97 Å². The zero-order chi connectivity index (χ0) is 11.8. The number of rotatable bonds is 6. The number of carbonyl (C=O) groups excluding carboxylic acids is 1. The Balaban J connectivity index is 2.30. The van der Waals surface area contributed by atoms with E-state index < -0.39 is 5.97 Å². The van der Waals surface area contributed by atoms with Crippen LogP contribution in [-0.2, 0) is 9.78 Å². The van der Waals surface area contributed by atoms with Gasteiger partial charge in [0.05, 0.1) is 5.56 Å². The molecule has 88 valence electrons. The fourth-order valence-corrected chi connectivity index (χ4v) is 1.29. The SMILES string of the molecule is CCCCC(C)OOC(=O)c1ccccc1. The summed E-state index contributed by atoms with van der Waals surface area (Å²) in [4.78, 5) is 21.2. The van der Waals surface area contributed by atoms with Gasteiger partial charge in [0.1, 0.15) is 6.10 Å². The predicted molar refractivity (Wildman–Crippen MR) is 61.9 cm³/mol. The molecule has 16 heavy (non-hydrogen) atoms. The van der Waals surface area contributed by atoms with Crippen LogP contribution < -0.4 is 0 Å². The molecular formula is C13H18O3. The summed E-state index contributed by atoms with van der Waals surface area (Å²) in [6, 6.07) is 8.82. The first-order valence-electron chi connectivity index (χ1n) is 5.66. The average Bonchev–Trinajstić information content (AvgIpc) is 2.34. The minimum atomic E-state index is -0.441. The Kier molecular flexibility index (Phi) is 5.57. The van der Waals surface area contributed by atoms with Crippen molar-refractivity contribution in [2.24, 2.45) is 0 Å². The van der Waals surface area contributed by atoms with Gasteiger partial charge in [-0.15, -0.1) is 0 Å². The Labute approximate surface area is 96.3 Å². The molecule has 0 saturated carbocycles. The molecule has 0 heterocycles. The number of benzene rings is 1. The van der Waals surface area contributed by atoms with Gasteiger partial charge < -0.3 is 0 Å². The molecule has 0 amide bonds. The molecule has 0 aromatic heterocycles. The van der Waals surface area contributed by atoms with Gasteiger partial charge in [-0.25, -0.2) is 4.79 Å². The van der Waals surface area contributed by atoms with E-state index in [1.54, 1.807) is 24.3 Å². The van der Waals surface area contributed by atoms with E-state index in [1.165, 1.54) is 0 Å². The van der Waals surface area contributed by atoms with Crippen LogP contribution in [0.15, 0.2) is 30.3 Å². The fourth-order valence-electron chi connectivity index (χ4n) is 1.29. The average molecular weight is 222 g/mol. The zero-order valence-electron chi connectivity index (χ0n) is 9.81. The molecular weight excluding hydrogens is 204 g/mol. The van der Waals surface area contributed by atoms with E-state index in [2.05, 4.69) is 6.92 Å². The number of hydrogen-bond acceptors (Lipinski definition) is 3. The molecule has 0 spiro atoms. The second-order valence-corrected chi connectivity index (χ2v) is 3.79. The Morgan fingerprint density at radius 3 is 2.62 bits per heavy atom. The maximum atomic E-state index is 11.5. The van der Waals surface area contributed by atoms with Gasteiger partial charge in [-0.3, -0.25) is 4.89 Å². The molecule has 0 aliphatic rings. The summed E-state index contributed by atoms with van der Waals surface area (Å²) in [5.74, 6) is -0.441. The third kappa shape index (κ3) is 4.45.